The molecule has 146 valence electrons. The highest BCUT2D eigenvalue weighted by molar-refractivity contribution is 4.96. The number of hydrogen-bond acceptors (Lipinski definition) is 4. The fourth-order valence-corrected chi connectivity index (χ4v) is 5.33. The van der Waals surface area contributed by atoms with Gasteiger partial charge >= 0.3 is 0 Å². The molecule has 3 aliphatic rings. The molecule has 0 bridgehead atoms. The summed E-state index contributed by atoms with van der Waals surface area (Å²) in [7, 11) is 0. The van der Waals surface area contributed by atoms with E-state index in [0.717, 1.165) is 44.2 Å². The van der Waals surface area contributed by atoms with Crippen molar-refractivity contribution in [1.82, 2.24) is 14.7 Å². The highest BCUT2D eigenvalue weighted by Crippen LogP contribution is 2.36. The standard InChI is InChI=1S/C21H41N3O/c1-17(2)23-9-8-20(16-23)21(4,5)24-10-6-19(7-11-24)18(3)22-12-14-25-15-13-22/h17-20H,6-16H2,1-5H3. The normalized spacial score (nSPS) is 30.2. The minimum atomic E-state index is 0.344. The number of piperidine rings is 1. The Bertz CT molecular complexity index is 411. The van der Waals surface area contributed by atoms with Gasteiger partial charge in [0, 0.05) is 37.3 Å². The second kappa shape index (κ2) is 8.24. The molecule has 3 fully saturated rings. The SMILES string of the molecule is CC(C)N1CCC(C(C)(C)N2CCC(C(C)N3CCOCC3)CC2)C1. The molecule has 0 spiro atoms. The smallest absolute Gasteiger partial charge is 0.0594 e. The predicted octanol–water partition coefficient (Wildman–Crippen LogP) is 2.93. The van der Waals surface area contributed by atoms with Crippen LogP contribution in [0.3, 0.4) is 0 Å². The summed E-state index contributed by atoms with van der Waals surface area (Å²) in [5.41, 5.74) is 0.344. The van der Waals surface area contributed by atoms with Gasteiger partial charge < -0.3 is 9.64 Å². The van der Waals surface area contributed by atoms with Crippen molar-refractivity contribution >= 4 is 0 Å². The van der Waals surface area contributed by atoms with Crippen LogP contribution in [0.4, 0.5) is 0 Å². The van der Waals surface area contributed by atoms with Gasteiger partial charge in [-0.2, -0.15) is 0 Å². The summed E-state index contributed by atoms with van der Waals surface area (Å²) in [5, 5.41) is 0. The van der Waals surface area contributed by atoms with Crippen molar-refractivity contribution < 1.29 is 4.74 Å². The van der Waals surface area contributed by atoms with E-state index >= 15 is 0 Å². The summed E-state index contributed by atoms with van der Waals surface area (Å²) in [6.45, 7) is 21.4. The highest BCUT2D eigenvalue weighted by Gasteiger charge is 2.41. The average molecular weight is 352 g/mol. The zero-order valence-corrected chi connectivity index (χ0v) is 17.3. The third-order valence-corrected chi connectivity index (χ3v) is 7.61. The predicted molar refractivity (Wildman–Crippen MR) is 105 cm³/mol. The van der Waals surface area contributed by atoms with Crippen molar-refractivity contribution in [3.63, 3.8) is 0 Å². The molecule has 3 aliphatic heterocycles. The lowest BCUT2D eigenvalue weighted by Gasteiger charge is -2.48. The maximum atomic E-state index is 5.53. The second-order valence-corrected chi connectivity index (χ2v) is 9.44. The molecular formula is C21H41N3O. The summed E-state index contributed by atoms with van der Waals surface area (Å²) in [6, 6.07) is 1.41. The van der Waals surface area contributed by atoms with E-state index in [9.17, 15) is 0 Å². The highest BCUT2D eigenvalue weighted by atomic mass is 16.5. The molecule has 3 rings (SSSR count). The van der Waals surface area contributed by atoms with Crippen molar-refractivity contribution in [2.45, 2.75) is 71.5 Å². The van der Waals surface area contributed by atoms with Gasteiger partial charge in [0.25, 0.3) is 0 Å². The van der Waals surface area contributed by atoms with Crippen molar-refractivity contribution in [3.8, 4) is 0 Å². The summed E-state index contributed by atoms with van der Waals surface area (Å²) >= 11 is 0. The first-order valence-corrected chi connectivity index (χ1v) is 10.7. The summed E-state index contributed by atoms with van der Waals surface area (Å²) in [6.07, 6.45) is 4.10. The summed E-state index contributed by atoms with van der Waals surface area (Å²) in [4.78, 5) is 8.14. The zero-order chi connectivity index (χ0) is 18.0. The van der Waals surface area contributed by atoms with Crippen LogP contribution in [-0.2, 0) is 4.74 Å². The first-order valence-electron chi connectivity index (χ1n) is 10.7. The van der Waals surface area contributed by atoms with Crippen LogP contribution in [0.1, 0.15) is 53.9 Å². The van der Waals surface area contributed by atoms with Gasteiger partial charge in [-0.25, -0.2) is 0 Å². The van der Waals surface area contributed by atoms with Gasteiger partial charge in [-0.05, 0) is 85.4 Å². The van der Waals surface area contributed by atoms with Crippen LogP contribution in [0.2, 0.25) is 0 Å². The van der Waals surface area contributed by atoms with E-state index in [1.54, 1.807) is 0 Å². The Morgan fingerprint density at radius 3 is 2.04 bits per heavy atom. The van der Waals surface area contributed by atoms with Crippen molar-refractivity contribution in [1.29, 1.82) is 0 Å². The molecule has 0 N–H and O–H groups in total. The topological polar surface area (TPSA) is 19.0 Å². The third kappa shape index (κ3) is 4.40. The van der Waals surface area contributed by atoms with E-state index in [1.165, 1.54) is 45.4 Å². The molecule has 0 aromatic rings. The molecule has 0 aromatic heterocycles. The lowest BCUT2D eigenvalue weighted by atomic mass is 9.81. The van der Waals surface area contributed by atoms with E-state index in [0.29, 0.717) is 11.6 Å². The molecule has 0 amide bonds. The molecule has 4 nitrogen and oxygen atoms in total. The molecule has 0 radical (unpaired) electrons. The number of ether oxygens (including phenoxy) is 1. The van der Waals surface area contributed by atoms with Gasteiger partial charge in [-0.3, -0.25) is 9.80 Å². The monoisotopic (exact) mass is 351 g/mol. The van der Waals surface area contributed by atoms with Gasteiger partial charge in [0.05, 0.1) is 13.2 Å². The van der Waals surface area contributed by atoms with Gasteiger partial charge in [0.1, 0.15) is 0 Å². The van der Waals surface area contributed by atoms with Crippen molar-refractivity contribution in [3.05, 3.63) is 0 Å². The number of hydrogen-bond donors (Lipinski definition) is 0. The van der Waals surface area contributed by atoms with Crippen LogP contribution >= 0.6 is 0 Å². The van der Waals surface area contributed by atoms with E-state index in [4.69, 9.17) is 4.74 Å². The van der Waals surface area contributed by atoms with Gasteiger partial charge in [-0.15, -0.1) is 0 Å². The van der Waals surface area contributed by atoms with Crippen LogP contribution in [0.25, 0.3) is 0 Å². The fourth-order valence-electron chi connectivity index (χ4n) is 5.33. The summed E-state index contributed by atoms with van der Waals surface area (Å²) < 4.78 is 5.53. The number of morpholine rings is 1. The minimum Gasteiger partial charge on any atom is -0.379 e. The van der Waals surface area contributed by atoms with Crippen molar-refractivity contribution in [2.75, 3.05) is 52.5 Å². The molecule has 0 aliphatic carbocycles. The fraction of sp³-hybridized carbons (Fsp3) is 1.00. The number of likely N-dealkylation sites (tertiary alicyclic amines) is 2. The largest absolute Gasteiger partial charge is 0.379 e. The van der Waals surface area contributed by atoms with E-state index in [-0.39, 0.29) is 0 Å². The number of rotatable bonds is 5. The Hall–Kier alpha value is -0.160. The molecular weight excluding hydrogens is 310 g/mol. The van der Waals surface area contributed by atoms with Gasteiger partial charge in [0.15, 0.2) is 0 Å². The lowest BCUT2D eigenvalue weighted by molar-refractivity contribution is -0.0167. The van der Waals surface area contributed by atoms with Crippen LogP contribution < -0.4 is 0 Å². The third-order valence-electron chi connectivity index (χ3n) is 7.61. The maximum absolute atomic E-state index is 5.53. The zero-order valence-electron chi connectivity index (χ0n) is 17.3. The van der Waals surface area contributed by atoms with E-state index in [2.05, 4.69) is 49.3 Å². The van der Waals surface area contributed by atoms with Crippen LogP contribution in [0, 0.1) is 11.8 Å². The van der Waals surface area contributed by atoms with E-state index in [1.807, 2.05) is 0 Å². The minimum absolute atomic E-state index is 0.344. The quantitative estimate of drug-likeness (QED) is 0.758. The molecule has 0 aromatic carbocycles. The Labute approximate surface area is 155 Å². The van der Waals surface area contributed by atoms with Crippen LogP contribution in [-0.4, -0.2) is 84.8 Å². The second-order valence-electron chi connectivity index (χ2n) is 9.44. The number of nitrogens with zero attached hydrogens (tertiary/aromatic N) is 3. The average Bonchev–Trinajstić information content (AvgIpc) is 3.13. The maximum Gasteiger partial charge on any atom is 0.0594 e. The molecule has 3 heterocycles. The summed E-state index contributed by atoms with van der Waals surface area (Å²) in [5.74, 6) is 1.68. The first-order chi connectivity index (χ1) is 11.9. The Morgan fingerprint density at radius 1 is 0.840 bits per heavy atom. The Morgan fingerprint density at radius 2 is 1.48 bits per heavy atom. The van der Waals surface area contributed by atoms with Crippen molar-refractivity contribution in [2.24, 2.45) is 11.8 Å². The van der Waals surface area contributed by atoms with Crippen LogP contribution in [0.5, 0.6) is 0 Å². The molecule has 2 unspecified atom stereocenters. The Balaban J connectivity index is 1.51. The lowest BCUT2D eigenvalue weighted by Crippen LogP contribution is -2.55. The van der Waals surface area contributed by atoms with Gasteiger partial charge in [0.2, 0.25) is 0 Å². The Kier molecular flexibility index (Phi) is 6.46. The van der Waals surface area contributed by atoms with Gasteiger partial charge in [-0.1, -0.05) is 0 Å². The first kappa shape index (κ1) is 19.6. The molecule has 0 saturated carbocycles. The molecule has 3 saturated heterocycles. The molecule has 4 heteroatoms. The van der Waals surface area contributed by atoms with E-state index < -0.39 is 0 Å². The van der Waals surface area contributed by atoms with Crippen LogP contribution in [0.15, 0.2) is 0 Å². The molecule has 25 heavy (non-hydrogen) atoms. The molecule has 2 atom stereocenters.